The molecule has 6 nitrogen and oxygen atoms in total. The van der Waals surface area contributed by atoms with Crippen molar-refractivity contribution < 1.29 is 28.6 Å². The summed E-state index contributed by atoms with van der Waals surface area (Å²) in [6, 6.07) is 0. The molecule has 0 aromatic carbocycles. The Morgan fingerprint density at radius 1 is 0.241 bits per heavy atom. The molecule has 0 spiro atoms. The van der Waals surface area contributed by atoms with Crippen LogP contribution in [0.2, 0.25) is 0 Å². The lowest BCUT2D eigenvalue weighted by atomic mass is 10.0. The molecule has 0 saturated carbocycles. The highest BCUT2D eigenvalue weighted by Crippen LogP contribution is 2.19. The van der Waals surface area contributed by atoms with E-state index in [0.29, 0.717) is 19.3 Å². The molecular weight excluding hydrogens is 1020 g/mol. The quantitative estimate of drug-likeness (QED) is 0.0261. The van der Waals surface area contributed by atoms with Gasteiger partial charge in [-0.2, -0.15) is 0 Å². The number of hydrogen-bond acceptors (Lipinski definition) is 6. The maximum atomic E-state index is 13.0. The van der Waals surface area contributed by atoms with Crippen molar-refractivity contribution in [1.82, 2.24) is 0 Å². The predicted octanol–water partition coefficient (Wildman–Crippen LogP) is 25.9. The van der Waals surface area contributed by atoms with Crippen LogP contribution in [-0.4, -0.2) is 37.2 Å². The van der Waals surface area contributed by atoms with Gasteiger partial charge < -0.3 is 14.2 Å². The fourth-order valence-electron chi connectivity index (χ4n) is 11.5. The third-order valence-electron chi connectivity index (χ3n) is 17.1. The van der Waals surface area contributed by atoms with Crippen LogP contribution in [-0.2, 0) is 28.6 Å². The minimum atomic E-state index is -0.767. The first-order chi connectivity index (χ1) is 41.0. The van der Waals surface area contributed by atoms with Crippen molar-refractivity contribution in [2.45, 2.75) is 425 Å². The van der Waals surface area contributed by atoms with Crippen LogP contribution >= 0.6 is 0 Å². The molecule has 0 aliphatic carbocycles. The number of carbonyl (C=O) groups excluding carboxylic acids is 3. The lowest BCUT2D eigenvalue weighted by Crippen LogP contribution is -2.30. The predicted molar refractivity (Wildman–Crippen MR) is 362 cm³/mol. The number of allylic oxidation sites excluding steroid dienone is 6. The van der Waals surface area contributed by atoms with Gasteiger partial charge >= 0.3 is 17.9 Å². The molecule has 0 radical (unpaired) electrons. The van der Waals surface area contributed by atoms with E-state index in [9.17, 15) is 14.4 Å². The average Bonchev–Trinajstić information content (AvgIpc) is 3.49. The van der Waals surface area contributed by atoms with Gasteiger partial charge in [0.05, 0.1) is 0 Å². The maximum Gasteiger partial charge on any atom is 0.306 e. The molecule has 0 heterocycles. The SMILES string of the molecule is CCCCCCC/C=C\C/C=C\C/C=C\CCCCCCCCCCCCCCCCCCCCC(=O)OCC(COC(=O)CCCCCCCCCCCCCCCCC)OC(=O)CCCCCCCCCCCCCCCCCCC. The number of rotatable bonds is 70. The van der Waals surface area contributed by atoms with Gasteiger partial charge in [-0.3, -0.25) is 14.4 Å². The number of esters is 3. The second-order valence-electron chi connectivity index (χ2n) is 25.6. The molecular formula is C77H144O6. The summed E-state index contributed by atoms with van der Waals surface area (Å²) < 4.78 is 17.0. The highest BCUT2D eigenvalue weighted by Gasteiger charge is 2.20. The van der Waals surface area contributed by atoms with Gasteiger partial charge in [0.1, 0.15) is 13.2 Å². The molecule has 6 heteroatoms. The summed E-state index contributed by atoms with van der Waals surface area (Å²) in [5.41, 5.74) is 0. The molecule has 0 bridgehead atoms. The fraction of sp³-hybridized carbons (Fsp3) is 0.883. The summed E-state index contributed by atoms with van der Waals surface area (Å²) in [5, 5.41) is 0. The Hall–Kier alpha value is -2.37. The van der Waals surface area contributed by atoms with E-state index in [2.05, 4.69) is 57.2 Å². The monoisotopic (exact) mass is 1170 g/mol. The van der Waals surface area contributed by atoms with Crippen molar-refractivity contribution >= 4 is 17.9 Å². The molecule has 1 atom stereocenters. The Bertz CT molecular complexity index is 1380. The van der Waals surface area contributed by atoms with Crippen molar-refractivity contribution in [2.75, 3.05) is 13.2 Å². The van der Waals surface area contributed by atoms with E-state index in [1.54, 1.807) is 0 Å². The molecule has 0 amide bonds. The van der Waals surface area contributed by atoms with Crippen LogP contribution in [0.15, 0.2) is 36.5 Å². The molecule has 0 rings (SSSR count). The lowest BCUT2D eigenvalue weighted by Gasteiger charge is -2.18. The van der Waals surface area contributed by atoms with Crippen molar-refractivity contribution in [1.29, 1.82) is 0 Å². The second kappa shape index (κ2) is 72.1. The van der Waals surface area contributed by atoms with Gasteiger partial charge in [0.2, 0.25) is 0 Å². The minimum absolute atomic E-state index is 0.0637. The molecule has 0 aromatic heterocycles. The van der Waals surface area contributed by atoms with Gasteiger partial charge in [-0.25, -0.2) is 0 Å². The Kier molecular flexibility index (Phi) is 70.0. The third kappa shape index (κ3) is 70.3. The third-order valence-corrected chi connectivity index (χ3v) is 17.1. The fourth-order valence-corrected chi connectivity index (χ4v) is 11.5. The summed E-state index contributed by atoms with van der Waals surface area (Å²) in [5.74, 6) is -0.828. The van der Waals surface area contributed by atoms with Crippen LogP contribution < -0.4 is 0 Å². The molecule has 0 aliphatic heterocycles. The molecule has 83 heavy (non-hydrogen) atoms. The van der Waals surface area contributed by atoms with Gasteiger partial charge in [-0.1, -0.05) is 378 Å². The van der Waals surface area contributed by atoms with E-state index in [-0.39, 0.29) is 31.1 Å². The first-order valence-corrected chi connectivity index (χ1v) is 37.5. The Labute approximate surface area is 518 Å². The summed E-state index contributed by atoms with van der Waals surface area (Å²) in [6.45, 7) is 6.71. The molecule has 0 N–H and O–H groups in total. The van der Waals surface area contributed by atoms with Crippen LogP contribution in [0.4, 0.5) is 0 Å². The standard InChI is InChI=1S/C77H144O6/c1-4-7-10-13-16-19-22-25-28-30-31-32-33-34-35-36-37-38-39-40-41-42-43-44-45-47-49-52-55-58-61-64-67-70-76(79)82-73-74(72-81-75(78)69-66-63-60-57-54-51-48-27-24-21-18-15-12-9-6-3)83-77(80)71-68-65-62-59-56-53-50-46-29-26-23-20-17-14-11-8-5-2/h22,25,30-31,33-34,74H,4-21,23-24,26-29,32,35-73H2,1-3H3/b25-22-,31-30-,34-33-. The summed E-state index contributed by atoms with van der Waals surface area (Å²) in [4.78, 5) is 38.5. The number of ether oxygens (including phenoxy) is 3. The summed E-state index contributed by atoms with van der Waals surface area (Å²) >= 11 is 0. The average molecular weight is 1170 g/mol. The van der Waals surface area contributed by atoms with E-state index in [4.69, 9.17) is 14.2 Å². The Morgan fingerprint density at radius 2 is 0.434 bits per heavy atom. The van der Waals surface area contributed by atoms with Crippen molar-refractivity contribution in [3.05, 3.63) is 36.5 Å². The molecule has 488 valence electrons. The number of hydrogen-bond donors (Lipinski definition) is 0. The molecule has 0 fully saturated rings. The van der Waals surface area contributed by atoms with Crippen LogP contribution in [0.3, 0.4) is 0 Å². The summed E-state index contributed by atoms with van der Waals surface area (Å²) in [7, 11) is 0. The van der Waals surface area contributed by atoms with E-state index in [1.165, 1.54) is 308 Å². The smallest absolute Gasteiger partial charge is 0.306 e. The van der Waals surface area contributed by atoms with E-state index in [1.807, 2.05) is 0 Å². The van der Waals surface area contributed by atoms with Crippen LogP contribution in [0.25, 0.3) is 0 Å². The van der Waals surface area contributed by atoms with E-state index in [0.717, 1.165) is 70.6 Å². The topological polar surface area (TPSA) is 78.9 Å². The molecule has 1 unspecified atom stereocenters. The zero-order chi connectivity index (χ0) is 59.9. The van der Waals surface area contributed by atoms with Gasteiger partial charge in [-0.15, -0.1) is 0 Å². The van der Waals surface area contributed by atoms with Gasteiger partial charge in [0.15, 0.2) is 6.10 Å². The highest BCUT2D eigenvalue weighted by atomic mass is 16.6. The molecule has 0 aliphatic rings. The Morgan fingerprint density at radius 3 is 0.675 bits per heavy atom. The Balaban J connectivity index is 4.14. The van der Waals surface area contributed by atoms with Crippen LogP contribution in [0.1, 0.15) is 419 Å². The highest BCUT2D eigenvalue weighted by molar-refractivity contribution is 5.71. The number of carbonyl (C=O) groups is 3. The van der Waals surface area contributed by atoms with Crippen LogP contribution in [0.5, 0.6) is 0 Å². The van der Waals surface area contributed by atoms with Crippen LogP contribution in [0, 0.1) is 0 Å². The zero-order valence-electron chi connectivity index (χ0n) is 56.2. The number of unbranched alkanes of at least 4 members (excludes halogenated alkanes) is 53. The van der Waals surface area contributed by atoms with Gasteiger partial charge in [-0.05, 0) is 57.8 Å². The van der Waals surface area contributed by atoms with Crippen molar-refractivity contribution in [2.24, 2.45) is 0 Å². The lowest BCUT2D eigenvalue weighted by molar-refractivity contribution is -0.167. The second-order valence-corrected chi connectivity index (χ2v) is 25.6. The van der Waals surface area contributed by atoms with Gasteiger partial charge in [0, 0.05) is 19.3 Å². The summed E-state index contributed by atoms with van der Waals surface area (Å²) in [6.07, 6.45) is 90.5. The van der Waals surface area contributed by atoms with Crippen molar-refractivity contribution in [3.8, 4) is 0 Å². The van der Waals surface area contributed by atoms with E-state index >= 15 is 0 Å². The van der Waals surface area contributed by atoms with E-state index < -0.39 is 6.10 Å². The van der Waals surface area contributed by atoms with Crippen molar-refractivity contribution in [3.63, 3.8) is 0 Å². The normalized spacial score (nSPS) is 12.2. The first-order valence-electron chi connectivity index (χ1n) is 37.5. The molecule has 0 saturated heterocycles. The maximum absolute atomic E-state index is 13.0. The molecule has 0 aromatic rings. The minimum Gasteiger partial charge on any atom is -0.462 e. The first kappa shape index (κ1) is 80.6. The largest absolute Gasteiger partial charge is 0.462 e. The van der Waals surface area contributed by atoms with Gasteiger partial charge in [0.25, 0.3) is 0 Å². The zero-order valence-corrected chi connectivity index (χ0v) is 56.2.